The Kier molecular flexibility index (Phi) is 7.19. The van der Waals surface area contributed by atoms with Gasteiger partial charge in [-0.2, -0.15) is 5.11 Å². The fourth-order valence-electron chi connectivity index (χ4n) is 2.94. The van der Waals surface area contributed by atoms with Crippen LogP contribution < -0.4 is 0 Å². The first-order valence-electron chi connectivity index (χ1n) is 9.50. The predicted octanol–water partition coefficient (Wildman–Crippen LogP) is 8.11. The van der Waals surface area contributed by atoms with Crippen LogP contribution in [0.4, 0.5) is 16.2 Å². The minimum Gasteiger partial charge on any atom is -0.507 e. The van der Waals surface area contributed by atoms with E-state index in [0.717, 1.165) is 21.8 Å². The number of amides is 2. The van der Waals surface area contributed by atoms with E-state index in [9.17, 15) is 14.7 Å². The number of azo groups is 1. The first-order valence-corrected chi connectivity index (χ1v) is 11.9. The number of hydrogen-bond donors (Lipinski definition) is 1. The Hall–Kier alpha value is -2.65. The molecule has 1 aliphatic rings. The van der Waals surface area contributed by atoms with Crippen molar-refractivity contribution in [2.45, 2.75) is 6.54 Å². The van der Waals surface area contributed by atoms with Gasteiger partial charge in [0, 0.05) is 15.1 Å². The van der Waals surface area contributed by atoms with E-state index in [1.165, 1.54) is 17.0 Å². The van der Waals surface area contributed by atoms with Gasteiger partial charge in [-0.3, -0.25) is 14.5 Å². The van der Waals surface area contributed by atoms with Crippen molar-refractivity contribution in [1.29, 1.82) is 0 Å². The molecule has 3 aromatic rings. The van der Waals surface area contributed by atoms with Crippen LogP contribution in [0.2, 0.25) is 10.0 Å². The highest BCUT2D eigenvalue weighted by Crippen LogP contribution is 2.36. The van der Waals surface area contributed by atoms with Gasteiger partial charge in [-0.15, -0.1) is 5.11 Å². The molecule has 1 N–H and O–H groups in total. The van der Waals surface area contributed by atoms with Crippen LogP contribution in [0, 0.1) is 0 Å². The van der Waals surface area contributed by atoms with Crippen molar-refractivity contribution in [2.24, 2.45) is 10.2 Å². The minimum absolute atomic E-state index is 0.0572. The number of rotatable bonds is 5. The van der Waals surface area contributed by atoms with Crippen molar-refractivity contribution < 1.29 is 14.7 Å². The first kappa shape index (κ1) is 23.5. The third kappa shape index (κ3) is 5.65. The van der Waals surface area contributed by atoms with E-state index in [1.807, 2.05) is 24.3 Å². The lowest BCUT2D eigenvalue weighted by atomic mass is 10.1. The fourth-order valence-corrected chi connectivity index (χ4v) is 4.48. The number of thioether (sulfide) groups is 1. The molecule has 0 bridgehead atoms. The zero-order valence-electron chi connectivity index (χ0n) is 16.7. The molecular weight excluding hydrogens is 549 g/mol. The minimum atomic E-state index is -0.424. The summed E-state index contributed by atoms with van der Waals surface area (Å²) in [5.41, 5.74) is 2.03. The van der Waals surface area contributed by atoms with Crippen molar-refractivity contribution in [1.82, 2.24) is 4.90 Å². The van der Waals surface area contributed by atoms with E-state index >= 15 is 0 Å². The van der Waals surface area contributed by atoms with Crippen LogP contribution in [-0.4, -0.2) is 21.2 Å². The summed E-state index contributed by atoms with van der Waals surface area (Å²) in [6, 6.07) is 16.8. The van der Waals surface area contributed by atoms with Crippen molar-refractivity contribution >= 4 is 79.5 Å². The smallest absolute Gasteiger partial charge is 0.293 e. The zero-order valence-corrected chi connectivity index (χ0v) is 20.6. The number of hydrogen-bond acceptors (Lipinski definition) is 6. The number of nitrogens with zero attached hydrogens (tertiary/aromatic N) is 3. The number of phenolic OH excluding ortho intramolecular Hbond substituents is 1. The maximum atomic E-state index is 12.8. The lowest BCUT2D eigenvalue weighted by Crippen LogP contribution is -2.27. The molecule has 0 saturated carbocycles. The second-order valence-corrected chi connectivity index (χ2v) is 9.69. The predicted molar refractivity (Wildman–Crippen MR) is 134 cm³/mol. The van der Waals surface area contributed by atoms with Crippen molar-refractivity contribution in [3.63, 3.8) is 0 Å². The van der Waals surface area contributed by atoms with Crippen LogP contribution in [0.1, 0.15) is 11.1 Å². The SMILES string of the molecule is O=C1S/C(=C\c2cc(N=Nc3ccc(Cl)cc3Cl)ccc2O)C(=O)N1Cc1ccc(Br)cc1. The van der Waals surface area contributed by atoms with Gasteiger partial charge in [0.15, 0.2) is 0 Å². The topological polar surface area (TPSA) is 82.3 Å². The third-order valence-electron chi connectivity index (χ3n) is 4.61. The van der Waals surface area contributed by atoms with Crippen LogP contribution >= 0.6 is 50.9 Å². The molecule has 3 aromatic carbocycles. The lowest BCUT2D eigenvalue weighted by Gasteiger charge is -2.12. The number of carbonyl (C=O) groups excluding carboxylic acids is 2. The highest BCUT2D eigenvalue weighted by atomic mass is 79.9. The zero-order chi connectivity index (χ0) is 23.5. The van der Waals surface area contributed by atoms with E-state index in [-0.39, 0.29) is 22.4 Å². The van der Waals surface area contributed by atoms with Gasteiger partial charge in [-0.25, -0.2) is 0 Å². The van der Waals surface area contributed by atoms with Gasteiger partial charge in [0.05, 0.1) is 22.2 Å². The van der Waals surface area contributed by atoms with Gasteiger partial charge in [-0.05, 0) is 71.9 Å². The van der Waals surface area contributed by atoms with E-state index in [0.29, 0.717) is 27.0 Å². The molecule has 0 aromatic heterocycles. The molecule has 1 aliphatic heterocycles. The van der Waals surface area contributed by atoms with Gasteiger partial charge in [0.1, 0.15) is 11.4 Å². The van der Waals surface area contributed by atoms with E-state index < -0.39 is 5.91 Å². The number of phenols is 1. The highest BCUT2D eigenvalue weighted by Gasteiger charge is 2.35. The second-order valence-electron chi connectivity index (χ2n) is 6.93. The Morgan fingerprint density at radius 2 is 1.76 bits per heavy atom. The molecule has 0 unspecified atom stereocenters. The number of imide groups is 1. The van der Waals surface area contributed by atoms with Crippen LogP contribution in [-0.2, 0) is 11.3 Å². The molecule has 1 heterocycles. The molecule has 0 atom stereocenters. The monoisotopic (exact) mass is 561 g/mol. The van der Waals surface area contributed by atoms with Gasteiger partial charge in [-0.1, -0.05) is 51.3 Å². The molecule has 2 amide bonds. The molecule has 10 heteroatoms. The summed E-state index contributed by atoms with van der Waals surface area (Å²) in [5.74, 6) is -0.481. The van der Waals surface area contributed by atoms with Crippen molar-refractivity contribution in [3.05, 3.63) is 91.2 Å². The first-order chi connectivity index (χ1) is 15.8. The normalized spacial score (nSPS) is 15.2. The quantitative estimate of drug-likeness (QED) is 0.251. The highest BCUT2D eigenvalue weighted by molar-refractivity contribution is 9.10. The standard InChI is InChI=1S/C23H14BrCl2N3O3S/c24-15-3-1-13(2-4-15)12-29-22(31)21(33-23(29)32)10-14-9-17(6-8-20(14)30)27-28-19-7-5-16(25)11-18(19)26/h1-11,30H,12H2/b21-10-,28-27?. The van der Waals surface area contributed by atoms with E-state index in [1.54, 1.807) is 30.3 Å². The summed E-state index contributed by atoms with van der Waals surface area (Å²) in [5, 5.41) is 19.0. The number of benzene rings is 3. The van der Waals surface area contributed by atoms with Crippen LogP contribution in [0.5, 0.6) is 5.75 Å². The average molecular weight is 563 g/mol. The van der Waals surface area contributed by atoms with E-state index in [4.69, 9.17) is 23.2 Å². The van der Waals surface area contributed by atoms with Crippen LogP contribution in [0.3, 0.4) is 0 Å². The fraction of sp³-hybridized carbons (Fsp3) is 0.0435. The van der Waals surface area contributed by atoms with Crippen molar-refractivity contribution in [3.8, 4) is 5.75 Å². The Morgan fingerprint density at radius 3 is 2.48 bits per heavy atom. The molecule has 0 radical (unpaired) electrons. The molecule has 4 rings (SSSR count). The summed E-state index contributed by atoms with van der Waals surface area (Å²) in [6.07, 6.45) is 1.47. The molecule has 0 aliphatic carbocycles. The van der Waals surface area contributed by atoms with Gasteiger partial charge in [0.25, 0.3) is 11.1 Å². The summed E-state index contributed by atoms with van der Waals surface area (Å²) < 4.78 is 0.908. The maximum Gasteiger partial charge on any atom is 0.293 e. The lowest BCUT2D eigenvalue weighted by molar-refractivity contribution is -0.123. The Balaban J connectivity index is 1.55. The van der Waals surface area contributed by atoms with Crippen molar-refractivity contribution in [2.75, 3.05) is 0 Å². The van der Waals surface area contributed by atoms with Gasteiger partial charge < -0.3 is 5.11 Å². The Bertz CT molecular complexity index is 1310. The third-order valence-corrected chi connectivity index (χ3v) is 6.58. The maximum absolute atomic E-state index is 12.8. The second kappa shape index (κ2) is 10.1. The summed E-state index contributed by atoms with van der Waals surface area (Å²) in [6.45, 7) is 0.164. The molecular formula is C23H14BrCl2N3O3S. The molecule has 1 fully saturated rings. The Labute approximate surface area is 212 Å². The number of aromatic hydroxyl groups is 1. The average Bonchev–Trinajstić information content (AvgIpc) is 3.04. The molecule has 0 spiro atoms. The number of carbonyl (C=O) groups is 2. The molecule has 33 heavy (non-hydrogen) atoms. The molecule has 1 saturated heterocycles. The van der Waals surface area contributed by atoms with E-state index in [2.05, 4.69) is 26.2 Å². The largest absolute Gasteiger partial charge is 0.507 e. The molecule has 166 valence electrons. The summed E-state index contributed by atoms with van der Waals surface area (Å²) >= 11 is 16.2. The summed E-state index contributed by atoms with van der Waals surface area (Å²) in [7, 11) is 0. The van der Waals surface area contributed by atoms with Crippen LogP contribution in [0.25, 0.3) is 6.08 Å². The van der Waals surface area contributed by atoms with Gasteiger partial charge in [0.2, 0.25) is 0 Å². The van der Waals surface area contributed by atoms with Gasteiger partial charge >= 0.3 is 0 Å². The number of halogens is 3. The van der Waals surface area contributed by atoms with Crippen LogP contribution in [0.15, 0.2) is 80.3 Å². The Morgan fingerprint density at radius 1 is 1.00 bits per heavy atom. The molecule has 6 nitrogen and oxygen atoms in total. The summed E-state index contributed by atoms with van der Waals surface area (Å²) in [4.78, 5) is 26.6.